The number of hydrogen-bond acceptors (Lipinski definition) is 2. The van der Waals surface area contributed by atoms with E-state index in [1.807, 2.05) is 19.1 Å². The molecule has 4 heteroatoms. The lowest BCUT2D eigenvalue weighted by Crippen LogP contribution is -2.38. The van der Waals surface area contributed by atoms with Crippen molar-refractivity contribution < 1.29 is 9.90 Å². The summed E-state index contributed by atoms with van der Waals surface area (Å²) in [5.41, 5.74) is 3.24. The average molecular weight is 258 g/mol. The Morgan fingerprint density at radius 1 is 1.42 bits per heavy atom. The molecule has 100 valence electrons. The van der Waals surface area contributed by atoms with Gasteiger partial charge >= 0.3 is 5.97 Å². The van der Waals surface area contributed by atoms with Crippen LogP contribution in [0.25, 0.3) is 10.9 Å². The van der Waals surface area contributed by atoms with Crippen LogP contribution in [-0.4, -0.2) is 40.6 Å². The van der Waals surface area contributed by atoms with Gasteiger partial charge in [-0.05, 0) is 50.6 Å². The molecule has 1 aromatic heterocycles. The predicted molar refractivity (Wildman–Crippen MR) is 74.8 cm³/mol. The lowest BCUT2D eigenvalue weighted by Gasteiger charge is -2.30. The second-order valence-electron chi connectivity index (χ2n) is 5.26. The number of H-pyrrole nitrogens is 1. The molecule has 2 aromatic rings. The smallest absolute Gasteiger partial charge is 0.338 e. The first-order chi connectivity index (χ1) is 9.15. The van der Waals surface area contributed by atoms with Crippen LogP contribution < -0.4 is 0 Å². The third-order valence-corrected chi connectivity index (χ3v) is 3.93. The van der Waals surface area contributed by atoms with Crippen LogP contribution in [0, 0.1) is 6.92 Å². The van der Waals surface area contributed by atoms with Crippen LogP contribution in [0.2, 0.25) is 0 Å². The van der Waals surface area contributed by atoms with Gasteiger partial charge in [0.25, 0.3) is 0 Å². The Kier molecular flexibility index (Phi) is 3.03. The van der Waals surface area contributed by atoms with Crippen molar-refractivity contribution in [3.63, 3.8) is 0 Å². The van der Waals surface area contributed by atoms with Crippen LogP contribution in [0.1, 0.15) is 28.0 Å². The molecule has 1 aliphatic heterocycles. The summed E-state index contributed by atoms with van der Waals surface area (Å²) in [4.78, 5) is 16.9. The third kappa shape index (κ3) is 2.24. The van der Waals surface area contributed by atoms with Gasteiger partial charge < -0.3 is 15.0 Å². The van der Waals surface area contributed by atoms with Gasteiger partial charge in [-0.25, -0.2) is 4.79 Å². The van der Waals surface area contributed by atoms with Crippen LogP contribution in [-0.2, 0) is 6.42 Å². The molecule has 2 heterocycles. The van der Waals surface area contributed by atoms with E-state index in [1.54, 1.807) is 0 Å². The summed E-state index contributed by atoms with van der Waals surface area (Å²) < 4.78 is 0. The van der Waals surface area contributed by atoms with Crippen LogP contribution >= 0.6 is 0 Å². The van der Waals surface area contributed by atoms with Crippen molar-refractivity contribution in [2.24, 2.45) is 0 Å². The van der Waals surface area contributed by atoms with E-state index >= 15 is 0 Å². The van der Waals surface area contributed by atoms with Crippen molar-refractivity contribution >= 4 is 16.9 Å². The molecule has 1 aliphatic rings. The van der Waals surface area contributed by atoms with Crippen molar-refractivity contribution in [1.29, 1.82) is 0 Å². The van der Waals surface area contributed by atoms with Crippen LogP contribution in [0.15, 0.2) is 18.2 Å². The molecule has 0 bridgehead atoms. The second kappa shape index (κ2) is 4.70. The van der Waals surface area contributed by atoms with Crippen LogP contribution in [0.4, 0.5) is 0 Å². The molecule has 0 unspecified atom stereocenters. The largest absolute Gasteiger partial charge is 0.478 e. The first-order valence-electron chi connectivity index (χ1n) is 6.72. The number of rotatable bonds is 4. The summed E-state index contributed by atoms with van der Waals surface area (Å²) in [7, 11) is 0. The van der Waals surface area contributed by atoms with Crippen molar-refractivity contribution in [2.75, 3.05) is 19.6 Å². The fraction of sp³-hybridized carbons (Fsp3) is 0.400. The fourth-order valence-corrected chi connectivity index (χ4v) is 2.70. The fourth-order valence-electron chi connectivity index (χ4n) is 2.70. The van der Waals surface area contributed by atoms with Gasteiger partial charge in [-0.15, -0.1) is 0 Å². The Balaban J connectivity index is 1.89. The number of likely N-dealkylation sites (tertiary alicyclic amines) is 1. The van der Waals surface area contributed by atoms with Gasteiger partial charge in [0, 0.05) is 23.1 Å². The summed E-state index contributed by atoms with van der Waals surface area (Å²) in [6.07, 6.45) is 2.29. The number of fused-ring (bicyclic) bond motifs is 1. The summed E-state index contributed by atoms with van der Waals surface area (Å²) in [6, 6.07) is 6.09. The maximum absolute atomic E-state index is 11.3. The second-order valence-corrected chi connectivity index (χ2v) is 5.26. The lowest BCUT2D eigenvalue weighted by atomic mass is 10.0. The van der Waals surface area contributed by atoms with E-state index in [0.717, 1.165) is 29.6 Å². The van der Waals surface area contributed by atoms with Gasteiger partial charge in [-0.2, -0.15) is 0 Å². The summed E-state index contributed by atoms with van der Waals surface area (Å²) >= 11 is 0. The molecule has 19 heavy (non-hydrogen) atoms. The zero-order chi connectivity index (χ0) is 13.4. The number of aryl methyl sites for hydroxylation is 1. The van der Waals surface area contributed by atoms with E-state index < -0.39 is 5.97 Å². The first kappa shape index (κ1) is 12.2. The van der Waals surface area contributed by atoms with E-state index in [1.165, 1.54) is 25.1 Å². The molecule has 2 N–H and O–H groups in total. The number of carbonyl (C=O) groups is 1. The number of nitrogens with zero attached hydrogens (tertiary/aromatic N) is 1. The highest BCUT2D eigenvalue weighted by atomic mass is 16.4. The minimum Gasteiger partial charge on any atom is -0.478 e. The van der Waals surface area contributed by atoms with E-state index in [-0.39, 0.29) is 0 Å². The number of carboxylic acid groups (broad SMARTS) is 1. The average Bonchev–Trinajstić information content (AvgIpc) is 2.62. The van der Waals surface area contributed by atoms with Crippen molar-refractivity contribution in [1.82, 2.24) is 9.88 Å². The van der Waals surface area contributed by atoms with Crippen LogP contribution in [0.5, 0.6) is 0 Å². The molecule has 0 saturated carbocycles. The van der Waals surface area contributed by atoms with Crippen molar-refractivity contribution in [3.8, 4) is 0 Å². The van der Waals surface area contributed by atoms with E-state index in [0.29, 0.717) is 5.56 Å². The molecule has 0 radical (unpaired) electrons. The minimum atomic E-state index is -0.858. The molecular weight excluding hydrogens is 240 g/mol. The molecule has 1 saturated heterocycles. The normalized spacial score (nSPS) is 15.6. The van der Waals surface area contributed by atoms with E-state index in [2.05, 4.69) is 16.0 Å². The number of nitrogens with one attached hydrogen (secondary N) is 1. The molecule has 1 fully saturated rings. The molecule has 3 rings (SSSR count). The quantitative estimate of drug-likeness (QED) is 0.885. The Bertz CT molecular complexity index is 626. The zero-order valence-electron chi connectivity index (χ0n) is 11.1. The predicted octanol–water partition coefficient (Wildman–Crippen LogP) is 2.42. The molecule has 1 aromatic carbocycles. The highest BCUT2D eigenvalue weighted by Gasteiger charge is 2.16. The Morgan fingerprint density at radius 3 is 2.84 bits per heavy atom. The third-order valence-electron chi connectivity index (χ3n) is 3.93. The Morgan fingerprint density at radius 2 is 2.21 bits per heavy atom. The number of benzene rings is 1. The maximum atomic E-state index is 11.3. The Labute approximate surface area is 112 Å². The van der Waals surface area contributed by atoms with Crippen molar-refractivity contribution in [3.05, 3.63) is 35.0 Å². The summed E-state index contributed by atoms with van der Waals surface area (Å²) in [5.74, 6) is -0.858. The van der Waals surface area contributed by atoms with Gasteiger partial charge in [0.2, 0.25) is 0 Å². The number of aromatic nitrogens is 1. The van der Waals surface area contributed by atoms with E-state index in [4.69, 9.17) is 0 Å². The van der Waals surface area contributed by atoms with E-state index in [9.17, 15) is 9.90 Å². The summed E-state index contributed by atoms with van der Waals surface area (Å²) in [6.45, 7) is 5.28. The first-order valence-corrected chi connectivity index (χ1v) is 6.72. The summed E-state index contributed by atoms with van der Waals surface area (Å²) in [5, 5.41) is 10.1. The van der Waals surface area contributed by atoms with Gasteiger partial charge in [0.1, 0.15) is 0 Å². The zero-order valence-corrected chi connectivity index (χ0v) is 11.1. The number of hydrogen-bond donors (Lipinski definition) is 2. The van der Waals surface area contributed by atoms with Crippen molar-refractivity contribution in [2.45, 2.75) is 19.8 Å². The number of aromatic carboxylic acids is 1. The molecule has 4 nitrogen and oxygen atoms in total. The highest BCUT2D eigenvalue weighted by Crippen LogP contribution is 2.24. The van der Waals surface area contributed by atoms with Crippen LogP contribution in [0.3, 0.4) is 0 Å². The molecule has 0 spiro atoms. The molecule has 0 amide bonds. The molecular formula is C15H18N2O2. The monoisotopic (exact) mass is 258 g/mol. The SMILES string of the molecule is Cc1[nH]c2ccc(CCN3CCC3)cc2c1C(=O)O. The lowest BCUT2D eigenvalue weighted by molar-refractivity contribution is 0.0698. The standard InChI is InChI=1S/C15H18N2O2/c1-10-14(15(18)19)12-9-11(3-4-13(12)16-10)5-8-17-6-2-7-17/h3-4,9,16H,2,5-8H2,1H3,(H,18,19). The van der Waals surface area contributed by atoms with Gasteiger partial charge in [-0.3, -0.25) is 0 Å². The van der Waals surface area contributed by atoms with Gasteiger partial charge in [0.15, 0.2) is 0 Å². The van der Waals surface area contributed by atoms with Gasteiger partial charge in [0.05, 0.1) is 5.56 Å². The minimum absolute atomic E-state index is 0.404. The Hall–Kier alpha value is -1.81. The topological polar surface area (TPSA) is 56.3 Å². The maximum Gasteiger partial charge on any atom is 0.338 e. The highest BCUT2D eigenvalue weighted by molar-refractivity contribution is 6.04. The number of carboxylic acids is 1. The molecule has 0 atom stereocenters. The number of aromatic amines is 1. The van der Waals surface area contributed by atoms with Gasteiger partial charge in [-0.1, -0.05) is 6.07 Å². The molecule has 0 aliphatic carbocycles.